The van der Waals surface area contributed by atoms with Gasteiger partial charge in [0.2, 0.25) is 0 Å². The first-order valence-corrected chi connectivity index (χ1v) is 7.39. The van der Waals surface area contributed by atoms with E-state index in [9.17, 15) is 4.39 Å². The van der Waals surface area contributed by atoms with Crippen LogP contribution in [0.15, 0.2) is 66.7 Å². The fraction of sp³-hybridized carbons (Fsp3) is 0.0526. The summed E-state index contributed by atoms with van der Waals surface area (Å²) in [7, 11) is 0. The molecule has 0 aliphatic carbocycles. The average Bonchev–Trinajstić information content (AvgIpc) is 2.53. The Balaban J connectivity index is 2.02. The molecule has 0 bridgehead atoms. The standard InChI is InChI=1S/C19H15ClFN/c20-17-8-4-7-15(19(17)21)16-12-14(9-10-18(16)22)11-13-5-2-1-3-6-13/h1-10,12H,11,22H2. The summed E-state index contributed by atoms with van der Waals surface area (Å²) in [6.07, 6.45) is 0.774. The lowest BCUT2D eigenvalue weighted by Gasteiger charge is -2.11. The zero-order chi connectivity index (χ0) is 15.5. The highest BCUT2D eigenvalue weighted by atomic mass is 35.5. The molecule has 3 heteroatoms. The lowest BCUT2D eigenvalue weighted by Crippen LogP contribution is -1.96. The number of benzene rings is 3. The Bertz CT molecular complexity index is 800. The van der Waals surface area contributed by atoms with Crippen LogP contribution in [0.3, 0.4) is 0 Å². The average molecular weight is 312 g/mol. The van der Waals surface area contributed by atoms with Crippen molar-refractivity contribution in [3.8, 4) is 11.1 Å². The van der Waals surface area contributed by atoms with Gasteiger partial charge in [0.1, 0.15) is 5.82 Å². The number of nitrogen functional groups attached to an aromatic ring is 1. The minimum Gasteiger partial charge on any atom is -0.398 e. The molecule has 0 aliphatic rings. The predicted octanol–water partition coefficient (Wildman–Crippen LogP) is 5.32. The fourth-order valence-electron chi connectivity index (χ4n) is 2.49. The van der Waals surface area contributed by atoms with Gasteiger partial charge in [-0.15, -0.1) is 0 Å². The summed E-state index contributed by atoms with van der Waals surface area (Å²) in [5.74, 6) is -0.437. The molecule has 1 nitrogen and oxygen atoms in total. The second kappa shape index (κ2) is 6.20. The van der Waals surface area contributed by atoms with Crippen molar-refractivity contribution < 1.29 is 4.39 Å². The third-order valence-corrected chi connectivity index (χ3v) is 3.90. The van der Waals surface area contributed by atoms with Crippen LogP contribution in [0.25, 0.3) is 11.1 Å². The van der Waals surface area contributed by atoms with Crippen molar-refractivity contribution in [2.45, 2.75) is 6.42 Å². The maximum absolute atomic E-state index is 14.2. The van der Waals surface area contributed by atoms with Gasteiger partial charge in [0.15, 0.2) is 0 Å². The van der Waals surface area contributed by atoms with Crippen LogP contribution in [0, 0.1) is 5.82 Å². The summed E-state index contributed by atoms with van der Waals surface area (Å²) in [5, 5.41) is 0.102. The molecule has 3 rings (SSSR count). The first-order valence-electron chi connectivity index (χ1n) is 7.02. The number of rotatable bonds is 3. The first kappa shape index (κ1) is 14.6. The molecule has 0 unspecified atom stereocenters. The maximum atomic E-state index is 14.2. The minimum atomic E-state index is -0.437. The van der Waals surface area contributed by atoms with Gasteiger partial charge in [-0.1, -0.05) is 60.1 Å². The van der Waals surface area contributed by atoms with E-state index in [1.54, 1.807) is 12.1 Å². The molecule has 2 N–H and O–H groups in total. The Hall–Kier alpha value is -2.32. The lowest BCUT2D eigenvalue weighted by atomic mass is 9.97. The number of anilines is 1. The fourth-order valence-corrected chi connectivity index (χ4v) is 2.66. The molecule has 0 fully saturated rings. The van der Waals surface area contributed by atoms with Gasteiger partial charge in [-0.2, -0.15) is 0 Å². The van der Waals surface area contributed by atoms with Crippen LogP contribution >= 0.6 is 11.6 Å². The number of halogens is 2. The van der Waals surface area contributed by atoms with Crippen LogP contribution in [0.5, 0.6) is 0 Å². The quantitative estimate of drug-likeness (QED) is 0.651. The third-order valence-electron chi connectivity index (χ3n) is 3.61. The third kappa shape index (κ3) is 2.97. The van der Waals surface area contributed by atoms with Crippen LogP contribution in [-0.4, -0.2) is 0 Å². The maximum Gasteiger partial charge on any atom is 0.149 e. The van der Waals surface area contributed by atoms with Gasteiger partial charge in [-0.3, -0.25) is 0 Å². The smallest absolute Gasteiger partial charge is 0.149 e. The second-order valence-electron chi connectivity index (χ2n) is 5.19. The molecule has 22 heavy (non-hydrogen) atoms. The van der Waals surface area contributed by atoms with Gasteiger partial charge in [-0.05, 0) is 35.7 Å². The summed E-state index contributed by atoms with van der Waals surface area (Å²) >= 11 is 5.87. The molecule has 0 radical (unpaired) electrons. The van der Waals surface area contributed by atoms with Crippen LogP contribution in [-0.2, 0) is 6.42 Å². The Morgan fingerprint density at radius 3 is 2.36 bits per heavy atom. The SMILES string of the molecule is Nc1ccc(Cc2ccccc2)cc1-c1cccc(Cl)c1F. The van der Waals surface area contributed by atoms with E-state index in [1.807, 2.05) is 36.4 Å². The lowest BCUT2D eigenvalue weighted by molar-refractivity contribution is 0.632. The monoisotopic (exact) mass is 311 g/mol. The van der Waals surface area contributed by atoms with Crippen molar-refractivity contribution in [3.05, 3.63) is 88.7 Å². The molecule has 0 spiro atoms. The minimum absolute atomic E-state index is 0.102. The largest absolute Gasteiger partial charge is 0.398 e. The van der Waals surface area contributed by atoms with Crippen molar-refractivity contribution in [3.63, 3.8) is 0 Å². The Morgan fingerprint density at radius 2 is 1.59 bits per heavy atom. The van der Waals surface area contributed by atoms with Crippen molar-refractivity contribution >= 4 is 17.3 Å². The highest BCUT2D eigenvalue weighted by Gasteiger charge is 2.12. The highest BCUT2D eigenvalue weighted by molar-refractivity contribution is 6.31. The normalized spacial score (nSPS) is 10.6. The van der Waals surface area contributed by atoms with Gasteiger partial charge in [0, 0.05) is 16.8 Å². The second-order valence-corrected chi connectivity index (χ2v) is 5.59. The summed E-state index contributed by atoms with van der Waals surface area (Å²) in [4.78, 5) is 0. The summed E-state index contributed by atoms with van der Waals surface area (Å²) in [6, 6.07) is 20.8. The molecule has 0 amide bonds. The topological polar surface area (TPSA) is 26.0 Å². The molecule has 110 valence electrons. The van der Waals surface area contributed by atoms with E-state index in [0.29, 0.717) is 16.8 Å². The van der Waals surface area contributed by atoms with Crippen LogP contribution in [0.4, 0.5) is 10.1 Å². The van der Waals surface area contributed by atoms with Crippen LogP contribution in [0.2, 0.25) is 5.02 Å². The van der Waals surface area contributed by atoms with Crippen molar-refractivity contribution in [2.24, 2.45) is 0 Å². The highest BCUT2D eigenvalue weighted by Crippen LogP contribution is 2.32. The van der Waals surface area contributed by atoms with Gasteiger partial charge in [0.25, 0.3) is 0 Å². The van der Waals surface area contributed by atoms with E-state index in [-0.39, 0.29) is 5.02 Å². The molecule has 3 aromatic carbocycles. The Kier molecular flexibility index (Phi) is 4.12. The van der Waals surface area contributed by atoms with E-state index in [4.69, 9.17) is 17.3 Å². The van der Waals surface area contributed by atoms with E-state index in [1.165, 1.54) is 11.6 Å². The molecule has 3 aromatic rings. The van der Waals surface area contributed by atoms with E-state index < -0.39 is 5.82 Å². The van der Waals surface area contributed by atoms with E-state index in [0.717, 1.165) is 12.0 Å². The zero-order valence-corrected chi connectivity index (χ0v) is 12.6. The van der Waals surface area contributed by atoms with E-state index in [2.05, 4.69) is 12.1 Å². The number of nitrogens with two attached hydrogens (primary N) is 1. The van der Waals surface area contributed by atoms with E-state index >= 15 is 0 Å². The summed E-state index contributed by atoms with van der Waals surface area (Å²) in [6.45, 7) is 0. The Morgan fingerprint density at radius 1 is 0.818 bits per heavy atom. The molecular weight excluding hydrogens is 297 g/mol. The molecule has 0 saturated carbocycles. The summed E-state index contributed by atoms with van der Waals surface area (Å²) < 4.78 is 14.2. The molecule has 0 aliphatic heterocycles. The zero-order valence-electron chi connectivity index (χ0n) is 11.9. The first-order chi connectivity index (χ1) is 10.6. The van der Waals surface area contributed by atoms with Gasteiger partial charge < -0.3 is 5.73 Å². The molecular formula is C19H15ClFN. The summed E-state index contributed by atoms with van der Waals surface area (Å²) in [5.41, 5.74) is 9.95. The van der Waals surface area contributed by atoms with Crippen molar-refractivity contribution in [2.75, 3.05) is 5.73 Å². The number of hydrogen-bond donors (Lipinski definition) is 1. The molecule has 0 heterocycles. The van der Waals surface area contributed by atoms with Gasteiger partial charge >= 0.3 is 0 Å². The van der Waals surface area contributed by atoms with Gasteiger partial charge in [-0.25, -0.2) is 4.39 Å². The van der Waals surface area contributed by atoms with Crippen molar-refractivity contribution in [1.29, 1.82) is 0 Å². The molecule has 0 saturated heterocycles. The number of hydrogen-bond acceptors (Lipinski definition) is 1. The molecule has 0 aromatic heterocycles. The predicted molar refractivity (Wildman–Crippen MR) is 90.5 cm³/mol. The van der Waals surface area contributed by atoms with Crippen LogP contribution in [0.1, 0.15) is 11.1 Å². The Labute approximate surface area is 134 Å². The van der Waals surface area contributed by atoms with Crippen molar-refractivity contribution in [1.82, 2.24) is 0 Å². The van der Waals surface area contributed by atoms with Gasteiger partial charge in [0.05, 0.1) is 5.02 Å². The molecule has 0 atom stereocenters. The van der Waals surface area contributed by atoms with Crippen LogP contribution < -0.4 is 5.73 Å².